The molecule has 4 aromatic rings. The van der Waals surface area contributed by atoms with Crippen LogP contribution in [-0.2, 0) is 9.73 Å². The lowest BCUT2D eigenvalue weighted by Gasteiger charge is -2.14. The number of rotatable bonds is 6. The molecule has 9 heteroatoms. The molecule has 3 N–H and O–H groups in total. The molecule has 0 aliphatic heterocycles. The first-order chi connectivity index (χ1) is 14.9. The van der Waals surface area contributed by atoms with Gasteiger partial charge >= 0.3 is 0 Å². The van der Waals surface area contributed by atoms with Crippen LogP contribution in [0.15, 0.2) is 59.8 Å². The van der Waals surface area contributed by atoms with Crippen molar-refractivity contribution in [3.63, 3.8) is 0 Å². The van der Waals surface area contributed by atoms with Crippen molar-refractivity contribution in [3.05, 3.63) is 59.9 Å². The zero-order valence-corrected chi connectivity index (χ0v) is 18.3. The summed E-state index contributed by atoms with van der Waals surface area (Å²) in [7, 11) is -2.85. The topological polar surface area (TPSA) is 104 Å². The number of hydrogen-bond donors (Lipinski definition) is 3. The fourth-order valence-electron chi connectivity index (χ4n) is 3.32. The SMILES string of the molecule is CS(=N)(=O)c1ccc(Nc2ncc(Cl)c(-c3c[nH]c4ccccc34)n2)c(OC2CC2)c1. The Bertz CT molecular complexity index is 1400. The number of H-pyrrole nitrogens is 1. The minimum atomic E-state index is -2.85. The molecule has 5 rings (SSSR count). The zero-order valence-electron chi connectivity index (χ0n) is 16.7. The van der Waals surface area contributed by atoms with Gasteiger partial charge in [-0.15, -0.1) is 0 Å². The molecule has 1 atom stereocenters. The van der Waals surface area contributed by atoms with E-state index in [-0.39, 0.29) is 6.10 Å². The maximum absolute atomic E-state index is 12.2. The number of halogens is 1. The summed E-state index contributed by atoms with van der Waals surface area (Å²) >= 11 is 6.43. The zero-order chi connectivity index (χ0) is 21.6. The maximum atomic E-state index is 12.2. The molecule has 2 heterocycles. The predicted molar refractivity (Wildman–Crippen MR) is 123 cm³/mol. The first-order valence-corrected chi connectivity index (χ1v) is 12.1. The molecule has 1 aliphatic carbocycles. The fourth-order valence-corrected chi connectivity index (χ4v) is 4.17. The summed E-state index contributed by atoms with van der Waals surface area (Å²) in [6, 6.07) is 13.0. The molecule has 0 spiro atoms. The van der Waals surface area contributed by atoms with Crippen molar-refractivity contribution in [2.45, 2.75) is 23.8 Å². The van der Waals surface area contributed by atoms with Crippen LogP contribution < -0.4 is 10.1 Å². The second kappa shape index (κ2) is 7.55. The minimum absolute atomic E-state index is 0.141. The lowest BCUT2D eigenvalue weighted by molar-refractivity contribution is 0.304. The monoisotopic (exact) mass is 453 g/mol. The van der Waals surface area contributed by atoms with E-state index in [1.807, 2.05) is 30.5 Å². The third-order valence-electron chi connectivity index (χ3n) is 5.06. The molecule has 0 radical (unpaired) electrons. The highest BCUT2D eigenvalue weighted by molar-refractivity contribution is 7.91. The summed E-state index contributed by atoms with van der Waals surface area (Å²) in [4.78, 5) is 12.6. The highest BCUT2D eigenvalue weighted by atomic mass is 35.5. The van der Waals surface area contributed by atoms with E-state index in [9.17, 15) is 4.21 Å². The molecule has 1 fully saturated rings. The quantitative estimate of drug-likeness (QED) is 0.352. The van der Waals surface area contributed by atoms with Crippen molar-refractivity contribution in [1.82, 2.24) is 15.0 Å². The molecule has 1 saturated carbocycles. The Morgan fingerprint density at radius 1 is 1.26 bits per heavy atom. The van der Waals surface area contributed by atoms with Gasteiger partial charge in [-0.05, 0) is 37.1 Å². The third-order valence-corrected chi connectivity index (χ3v) is 6.49. The van der Waals surface area contributed by atoms with Gasteiger partial charge in [-0.25, -0.2) is 19.0 Å². The average molecular weight is 454 g/mol. The Kier molecular flexibility index (Phi) is 4.83. The van der Waals surface area contributed by atoms with Gasteiger partial charge < -0.3 is 15.0 Å². The van der Waals surface area contributed by atoms with Crippen LogP contribution in [0.5, 0.6) is 5.75 Å². The maximum Gasteiger partial charge on any atom is 0.227 e. The van der Waals surface area contributed by atoms with Gasteiger partial charge in [0.2, 0.25) is 5.95 Å². The minimum Gasteiger partial charge on any atom is -0.488 e. The van der Waals surface area contributed by atoms with Crippen LogP contribution in [0.4, 0.5) is 11.6 Å². The Balaban J connectivity index is 1.53. The molecule has 0 saturated heterocycles. The summed E-state index contributed by atoms with van der Waals surface area (Å²) in [5.41, 5.74) is 3.14. The first-order valence-electron chi connectivity index (χ1n) is 9.79. The Labute approximate surface area is 184 Å². The molecule has 0 bridgehead atoms. The van der Waals surface area contributed by atoms with Gasteiger partial charge in [-0.3, -0.25) is 0 Å². The molecule has 7 nitrogen and oxygen atoms in total. The van der Waals surface area contributed by atoms with E-state index >= 15 is 0 Å². The van der Waals surface area contributed by atoms with Gasteiger partial charge in [-0.1, -0.05) is 29.8 Å². The Morgan fingerprint density at radius 2 is 2.06 bits per heavy atom. The fraction of sp³-hybridized carbons (Fsp3) is 0.182. The summed E-state index contributed by atoms with van der Waals surface area (Å²) in [5.74, 6) is 0.898. The van der Waals surface area contributed by atoms with Crippen LogP contribution in [-0.4, -0.2) is 31.5 Å². The van der Waals surface area contributed by atoms with Gasteiger partial charge in [0.05, 0.1) is 43.3 Å². The second-order valence-corrected chi connectivity index (χ2v) is 10.1. The smallest absolute Gasteiger partial charge is 0.227 e. The van der Waals surface area contributed by atoms with Crippen molar-refractivity contribution < 1.29 is 8.95 Å². The Hall–Kier alpha value is -3.10. The van der Waals surface area contributed by atoms with Crippen LogP contribution in [0, 0.1) is 4.78 Å². The van der Waals surface area contributed by atoms with Crippen molar-refractivity contribution in [1.29, 1.82) is 4.78 Å². The van der Waals surface area contributed by atoms with E-state index in [0.29, 0.717) is 33.0 Å². The van der Waals surface area contributed by atoms with Crippen molar-refractivity contribution in [3.8, 4) is 17.0 Å². The number of para-hydroxylation sites is 1. The van der Waals surface area contributed by atoms with E-state index < -0.39 is 9.73 Å². The van der Waals surface area contributed by atoms with Gasteiger partial charge in [-0.2, -0.15) is 0 Å². The van der Waals surface area contributed by atoms with Crippen LogP contribution >= 0.6 is 11.6 Å². The summed E-state index contributed by atoms with van der Waals surface area (Å²) < 4.78 is 26.0. The van der Waals surface area contributed by atoms with Gasteiger partial charge in [0, 0.05) is 28.9 Å². The molecule has 1 aliphatic rings. The van der Waals surface area contributed by atoms with E-state index in [1.165, 1.54) is 6.26 Å². The predicted octanol–water partition coefficient (Wildman–Crippen LogP) is 5.60. The van der Waals surface area contributed by atoms with Gasteiger partial charge in [0.25, 0.3) is 0 Å². The molecule has 2 aromatic carbocycles. The highest BCUT2D eigenvalue weighted by Gasteiger charge is 2.25. The molecule has 1 unspecified atom stereocenters. The first kappa shape index (κ1) is 19.8. The van der Waals surface area contributed by atoms with Crippen LogP contribution in [0.1, 0.15) is 12.8 Å². The number of nitrogens with one attached hydrogen (secondary N) is 3. The van der Waals surface area contributed by atoms with Gasteiger partial charge in [0.1, 0.15) is 5.75 Å². The molecular formula is C22H20ClN5O2S. The summed E-state index contributed by atoms with van der Waals surface area (Å²) in [6.45, 7) is 0. The lowest BCUT2D eigenvalue weighted by atomic mass is 10.1. The average Bonchev–Trinajstić information content (AvgIpc) is 3.46. The number of fused-ring (bicyclic) bond motifs is 1. The molecule has 2 aromatic heterocycles. The number of ether oxygens (including phenoxy) is 1. The van der Waals surface area contributed by atoms with E-state index in [2.05, 4.69) is 20.3 Å². The molecule has 158 valence electrons. The number of anilines is 2. The number of nitrogens with zero attached hydrogens (tertiary/aromatic N) is 2. The van der Waals surface area contributed by atoms with Crippen LogP contribution in [0.25, 0.3) is 22.2 Å². The largest absolute Gasteiger partial charge is 0.488 e. The summed E-state index contributed by atoms with van der Waals surface area (Å²) in [6.07, 6.45) is 6.94. The Morgan fingerprint density at radius 3 is 2.84 bits per heavy atom. The van der Waals surface area contributed by atoms with E-state index in [4.69, 9.17) is 21.1 Å². The molecule has 31 heavy (non-hydrogen) atoms. The third kappa shape index (κ3) is 4.08. The van der Waals surface area contributed by atoms with Gasteiger partial charge in [0.15, 0.2) is 0 Å². The number of hydrogen-bond acceptors (Lipinski definition) is 6. The second-order valence-electron chi connectivity index (χ2n) is 7.58. The van der Waals surface area contributed by atoms with Crippen molar-refractivity contribution in [2.75, 3.05) is 11.6 Å². The number of benzene rings is 2. The van der Waals surface area contributed by atoms with E-state index in [0.717, 1.165) is 29.3 Å². The van der Waals surface area contributed by atoms with Crippen molar-refractivity contribution in [2.24, 2.45) is 0 Å². The number of aromatic amines is 1. The van der Waals surface area contributed by atoms with Crippen LogP contribution in [0.2, 0.25) is 5.02 Å². The van der Waals surface area contributed by atoms with Crippen molar-refractivity contribution >= 4 is 43.9 Å². The van der Waals surface area contributed by atoms with E-state index in [1.54, 1.807) is 24.4 Å². The standard InChI is InChI=1S/C22H20ClN5O2S/c1-31(24,29)14-8-9-19(20(10-14)30-13-6-7-13)27-22-26-12-17(23)21(28-22)16-11-25-18-5-3-2-4-15(16)18/h2-5,8-13,24-25H,6-7H2,1H3,(H,26,27,28). The normalized spacial score (nSPS) is 15.5. The highest BCUT2D eigenvalue weighted by Crippen LogP contribution is 2.36. The lowest BCUT2D eigenvalue weighted by Crippen LogP contribution is -2.05. The number of aromatic nitrogens is 3. The summed E-state index contributed by atoms with van der Waals surface area (Å²) in [5, 5.41) is 4.65. The van der Waals surface area contributed by atoms with Crippen LogP contribution in [0.3, 0.4) is 0 Å². The molecule has 0 amide bonds. The molecular weight excluding hydrogens is 434 g/mol.